The van der Waals surface area contributed by atoms with Crippen molar-refractivity contribution < 1.29 is 19.1 Å². The van der Waals surface area contributed by atoms with Gasteiger partial charge in [-0.15, -0.1) is 0 Å². The molecule has 2 amide bonds. The van der Waals surface area contributed by atoms with E-state index in [1.165, 1.54) is 25.7 Å². The minimum absolute atomic E-state index is 0.130. The highest BCUT2D eigenvalue weighted by Crippen LogP contribution is 2.28. The van der Waals surface area contributed by atoms with E-state index in [4.69, 9.17) is 21.1 Å². The molecule has 0 atom stereocenters. The third-order valence-electron chi connectivity index (χ3n) is 6.07. The fourth-order valence-corrected chi connectivity index (χ4v) is 4.69. The highest BCUT2D eigenvalue weighted by atomic mass is 127. The van der Waals surface area contributed by atoms with Crippen molar-refractivity contribution in [3.63, 3.8) is 0 Å². The zero-order valence-corrected chi connectivity index (χ0v) is 27.0. The Bertz CT molecular complexity index is 1110. The van der Waals surface area contributed by atoms with Gasteiger partial charge in [0.2, 0.25) is 0 Å². The number of methoxy groups -OCH3 is 1. The Morgan fingerprint density at radius 1 is 1.05 bits per heavy atom. The number of benzene rings is 2. The van der Waals surface area contributed by atoms with Crippen molar-refractivity contribution in [2.75, 3.05) is 20.2 Å². The number of carbonyl (C=O) groups is 2. The lowest BCUT2D eigenvalue weighted by Crippen LogP contribution is -2.41. The van der Waals surface area contributed by atoms with E-state index in [0.29, 0.717) is 40.2 Å². The summed E-state index contributed by atoms with van der Waals surface area (Å²) in [4.78, 5) is 29.5. The summed E-state index contributed by atoms with van der Waals surface area (Å²) in [5, 5.41) is 0.541. The molecule has 2 aromatic rings. The minimum Gasteiger partial charge on any atom is -0.497 e. The molecule has 2 aromatic carbocycles. The van der Waals surface area contributed by atoms with Crippen LogP contribution in [0.2, 0.25) is 5.02 Å². The summed E-state index contributed by atoms with van der Waals surface area (Å²) in [6.45, 7) is 11.2. The Balaban J connectivity index is 0.000000798. The Morgan fingerprint density at radius 3 is 2.21 bits per heavy atom. The van der Waals surface area contributed by atoms with Gasteiger partial charge in [-0.05, 0) is 79.3 Å². The van der Waals surface area contributed by atoms with E-state index < -0.39 is 5.60 Å². The van der Waals surface area contributed by atoms with Gasteiger partial charge in [-0.25, -0.2) is 4.79 Å². The third-order valence-corrected chi connectivity index (χ3v) is 7.86. The summed E-state index contributed by atoms with van der Waals surface area (Å²) < 4.78 is 11.4. The summed E-state index contributed by atoms with van der Waals surface area (Å²) in [5.41, 5.74) is 1.83. The molecule has 0 radical (unpaired) electrons. The molecule has 1 aliphatic rings. The van der Waals surface area contributed by atoms with Crippen LogP contribution >= 0.6 is 34.2 Å². The number of halogens is 2. The highest BCUT2D eigenvalue weighted by molar-refractivity contribution is 14.1. The van der Waals surface area contributed by atoms with E-state index in [0.717, 1.165) is 17.0 Å². The molecular formula is C31H42ClIN2O4. The quantitative estimate of drug-likeness (QED) is 0.209. The van der Waals surface area contributed by atoms with Gasteiger partial charge in [0.05, 0.1) is 24.2 Å². The monoisotopic (exact) mass is 668 g/mol. The molecular weight excluding hydrogens is 627 g/mol. The Labute approximate surface area is 252 Å². The largest absolute Gasteiger partial charge is 0.497 e. The second kappa shape index (κ2) is 16.1. The molecule has 0 saturated carbocycles. The summed E-state index contributed by atoms with van der Waals surface area (Å²) >= 11 is 8.39. The van der Waals surface area contributed by atoms with Crippen molar-refractivity contribution in [1.29, 1.82) is 0 Å². The normalized spacial score (nSPS) is 13.1. The summed E-state index contributed by atoms with van der Waals surface area (Å²) in [6, 6.07) is 13.0. The molecule has 0 saturated heterocycles. The molecule has 1 aliphatic heterocycles. The number of nitrogens with zero attached hydrogens (tertiary/aromatic N) is 2. The van der Waals surface area contributed by atoms with Gasteiger partial charge in [-0.3, -0.25) is 4.79 Å². The molecule has 0 aliphatic carbocycles. The lowest BCUT2D eigenvalue weighted by Gasteiger charge is -2.33. The molecule has 0 spiro atoms. The lowest BCUT2D eigenvalue weighted by molar-refractivity contribution is 0.0259. The molecule has 0 aromatic heterocycles. The minimum atomic E-state index is -0.555. The number of rotatable bonds is 8. The zero-order valence-electron chi connectivity index (χ0n) is 24.1. The first-order chi connectivity index (χ1) is 18.5. The molecule has 1 heterocycles. The van der Waals surface area contributed by atoms with Crippen LogP contribution < -0.4 is 4.74 Å². The molecule has 8 heteroatoms. The average molecular weight is 669 g/mol. The molecule has 39 heavy (non-hydrogen) atoms. The van der Waals surface area contributed by atoms with Gasteiger partial charge in [0.1, 0.15) is 11.4 Å². The van der Waals surface area contributed by atoms with Crippen molar-refractivity contribution >= 4 is 46.2 Å². The Kier molecular flexibility index (Phi) is 13.6. The van der Waals surface area contributed by atoms with E-state index in [1.807, 2.05) is 51.1 Å². The van der Waals surface area contributed by atoms with Crippen molar-refractivity contribution in [3.8, 4) is 5.75 Å². The molecule has 3 rings (SSSR count). The standard InChI is InChI=1S/C25H28ClIN2O4.C6H14/c1-25(2,3)33-24(31)28-14-12-18(13-15-28)29(16-17-8-10-19(32-4)11-9-17)23(30)20-6-5-7-21(26)22(20)27;1-3-5-6-4-2/h5-12H,13-16H2,1-4H3;3-6H2,1-2H3. The summed E-state index contributed by atoms with van der Waals surface area (Å²) in [6.07, 6.45) is 7.65. The Hall–Kier alpha value is -2.26. The van der Waals surface area contributed by atoms with E-state index in [9.17, 15) is 9.59 Å². The van der Waals surface area contributed by atoms with Crippen LogP contribution in [0.15, 0.2) is 54.2 Å². The van der Waals surface area contributed by atoms with E-state index >= 15 is 0 Å². The number of hydrogen-bond donors (Lipinski definition) is 0. The third kappa shape index (κ3) is 10.7. The van der Waals surface area contributed by atoms with Crippen LogP contribution in [0.1, 0.15) is 82.6 Å². The van der Waals surface area contributed by atoms with Crippen LogP contribution in [0.5, 0.6) is 5.75 Å². The highest BCUT2D eigenvalue weighted by Gasteiger charge is 2.28. The van der Waals surface area contributed by atoms with Gasteiger partial charge in [0.25, 0.3) is 5.91 Å². The lowest BCUT2D eigenvalue weighted by atomic mass is 10.1. The van der Waals surface area contributed by atoms with Gasteiger partial charge in [0.15, 0.2) is 0 Å². The maximum Gasteiger partial charge on any atom is 0.410 e. The van der Waals surface area contributed by atoms with E-state index in [-0.39, 0.29) is 12.0 Å². The molecule has 0 bridgehead atoms. The first-order valence-corrected chi connectivity index (χ1v) is 15.0. The van der Waals surface area contributed by atoms with Crippen molar-refractivity contribution in [2.45, 2.75) is 78.9 Å². The summed E-state index contributed by atoms with van der Waals surface area (Å²) in [7, 11) is 1.62. The average Bonchev–Trinajstić information content (AvgIpc) is 2.91. The second-order valence-electron chi connectivity index (χ2n) is 10.4. The Morgan fingerprint density at radius 2 is 1.69 bits per heavy atom. The van der Waals surface area contributed by atoms with Gasteiger partial charge in [0, 0.05) is 28.8 Å². The molecule has 6 nitrogen and oxygen atoms in total. The fourth-order valence-electron chi connectivity index (χ4n) is 3.93. The maximum absolute atomic E-state index is 13.6. The number of carbonyl (C=O) groups excluding carboxylic acids is 2. The van der Waals surface area contributed by atoms with Crippen LogP contribution in [0.3, 0.4) is 0 Å². The van der Waals surface area contributed by atoms with Crippen molar-refractivity contribution in [1.82, 2.24) is 9.80 Å². The first kappa shape index (κ1) is 32.9. The van der Waals surface area contributed by atoms with Crippen LogP contribution in [0.4, 0.5) is 4.79 Å². The van der Waals surface area contributed by atoms with Crippen LogP contribution in [0, 0.1) is 3.57 Å². The number of unbranched alkanes of at least 4 members (excludes halogenated alkanes) is 3. The molecule has 0 N–H and O–H groups in total. The van der Waals surface area contributed by atoms with Gasteiger partial charge >= 0.3 is 6.09 Å². The SMILES string of the molecule is CCCCCC.COc1ccc(CN(C(=O)c2cccc(Cl)c2I)C2=CCN(C(=O)OC(C)(C)C)CC2)cc1. The van der Waals surface area contributed by atoms with Gasteiger partial charge in [-0.2, -0.15) is 0 Å². The van der Waals surface area contributed by atoms with Crippen LogP contribution in [-0.4, -0.2) is 47.6 Å². The summed E-state index contributed by atoms with van der Waals surface area (Å²) in [5.74, 6) is 0.626. The molecule has 0 fully saturated rings. The predicted octanol–water partition coefficient (Wildman–Crippen LogP) is 8.71. The first-order valence-electron chi connectivity index (χ1n) is 13.6. The molecule has 214 valence electrons. The number of ether oxygens (including phenoxy) is 2. The van der Waals surface area contributed by atoms with E-state index in [1.54, 1.807) is 35.1 Å². The van der Waals surface area contributed by atoms with Crippen LogP contribution in [-0.2, 0) is 11.3 Å². The van der Waals surface area contributed by atoms with E-state index in [2.05, 4.69) is 36.4 Å². The zero-order chi connectivity index (χ0) is 29.0. The topological polar surface area (TPSA) is 59.1 Å². The van der Waals surface area contributed by atoms with Gasteiger partial charge < -0.3 is 19.3 Å². The van der Waals surface area contributed by atoms with Gasteiger partial charge in [-0.1, -0.05) is 69.3 Å². The number of amides is 2. The van der Waals surface area contributed by atoms with Crippen molar-refractivity contribution in [3.05, 3.63) is 74.0 Å². The fraction of sp³-hybridized carbons (Fsp3) is 0.484. The van der Waals surface area contributed by atoms with Crippen LogP contribution in [0.25, 0.3) is 0 Å². The smallest absolute Gasteiger partial charge is 0.410 e. The maximum atomic E-state index is 13.6. The molecule has 0 unspecified atom stereocenters. The van der Waals surface area contributed by atoms with Crippen molar-refractivity contribution in [2.24, 2.45) is 0 Å². The second-order valence-corrected chi connectivity index (χ2v) is 11.9. The predicted molar refractivity (Wildman–Crippen MR) is 167 cm³/mol. The number of hydrogen-bond acceptors (Lipinski definition) is 4.